The number of nitrogen functional groups attached to an aromatic ring is 1. The van der Waals surface area contributed by atoms with E-state index in [9.17, 15) is 9.18 Å². The minimum atomic E-state index is -0.452. The molecule has 0 spiro atoms. The Morgan fingerprint density at radius 1 is 1.47 bits per heavy atom. The third-order valence-corrected chi connectivity index (χ3v) is 2.00. The number of carbonyl (C=O) groups excluding carboxylic acids is 1. The van der Waals surface area contributed by atoms with Crippen molar-refractivity contribution in [1.29, 1.82) is 0 Å². The molecule has 0 saturated heterocycles. The van der Waals surface area contributed by atoms with Gasteiger partial charge in [0.15, 0.2) is 0 Å². The Morgan fingerprint density at radius 3 is 2.88 bits per heavy atom. The Labute approximate surface area is 98.4 Å². The number of aliphatic hydroxyl groups is 1. The van der Waals surface area contributed by atoms with Gasteiger partial charge in [0.2, 0.25) is 5.91 Å². The zero-order valence-corrected chi connectivity index (χ0v) is 9.28. The lowest BCUT2D eigenvalue weighted by Gasteiger charge is -2.08. The molecule has 1 amide bonds. The minimum Gasteiger partial charge on any atom is -0.397 e. The fourth-order valence-electron chi connectivity index (χ4n) is 1.19. The van der Waals surface area contributed by atoms with Gasteiger partial charge in [-0.2, -0.15) is 0 Å². The summed E-state index contributed by atoms with van der Waals surface area (Å²) in [5, 5.41) is 11.0. The molecule has 17 heavy (non-hydrogen) atoms. The first-order valence-corrected chi connectivity index (χ1v) is 5.17. The molecule has 1 aromatic carbocycles. The molecule has 0 atom stereocenters. The number of rotatable bonds is 6. The molecule has 6 heteroatoms. The smallest absolute Gasteiger partial charge is 0.226 e. The maximum Gasteiger partial charge on any atom is 0.226 e. The van der Waals surface area contributed by atoms with E-state index in [1.807, 2.05) is 0 Å². The summed E-state index contributed by atoms with van der Waals surface area (Å²) in [6, 6.07) is 3.75. The van der Waals surface area contributed by atoms with Gasteiger partial charge in [-0.1, -0.05) is 0 Å². The van der Waals surface area contributed by atoms with Crippen LogP contribution in [0.5, 0.6) is 0 Å². The van der Waals surface area contributed by atoms with Crippen molar-refractivity contribution in [1.82, 2.24) is 0 Å². The highest BCUT2D eigenvalue weighted by molar-refractivity contribution is 5.93. The van der Waals surface area contributed by atoms with Crippen molar-refractivity contribution in [3.8, 4) is 0 Å². The van der Waals surface area contributed by atoms with Crippen LogP contribution in [0.3, 0.4) is 0 Å². The molecule has 0 heterocycles. The average Bonchev–Trinajstić information content (AvgIpc) is 2.28. The molecule has 0 saturated carbocycles. The number of nitrogens with one attached hydrogen (secondary N) is 1. The summed E-state index contributed by atoms with van der Waals surface area (Å²) in [5.41, 5.74) is 6.08. The molecule has 0 radical (unpaired) electrons. The molecule has 0 aromatic heterocycles. The second kappa shape index (κ2) is 6.82. The van der Waals surface area contributed by atoms with Crippen molar-refractivity contribution in [3.05, 3.63) is 24.0 Å². The molecule has 5 nitrogen and oxygen atoms in total. The summed E-state index contributed by atoms with van der Waals surface area (Å²) in [6.07, 6.45) is 0.150. The van der Waals surface area contributed by atoms with Crippen molar-refractivity contribution < 1.29 is 19.0 Å². The van der Waals surface area contributed by atoms with Crippen LogP contribution in [0.1, 0.15) is 6.42 Å². The van der Waals surface area contributed by atoms with Crippen molar-refractivity contribution in [2.45, 2.75) is 6.42 Å². The van der Waals surface area contributed by atoms with Gasteiger partial charge in [-0.15, -0.1) is 0 Å². The normalized spacial score (nSPS) is 10.2. The minimum absolute atomic E-state index is 0.0769. The van der Waals surface area contributed by atoms with E-state index in [0.29, 0.717) is 5.69 Å². The van der Waals surface area contributed by atoms with Crippen molar-refractivity contribution in [3.63, 3.8) is 0 Å². The first-order valence-electron chi connectivity index (χ1n) is 5.17. The summed E-state index contributed by atoms with van der Waals surface area (Å²) < 4.78 is 17.7. The number of aliphatic hydroxyl groups excluding tert-OH is 1. The fourth-order valence-corrected chi connectivity index (χ4v) is 1.19. The van der Waals surface area contributed by atoms with Gasteiger partial charge < -0.3 is 20.9 Å². The predicted molar refractivity (Wildman–Crippen MR) is 62.0 cm³/mol. The van der Waals surface area contributed by atoms with Crippen LogP contribution in [0.2, 0.25) is 0 Å². The lowest BCUT2D eigenvalue weighted by Crippen LogP contribution is -2.15. The second-order valence-corrected chi connectivity index (χ2v) is 3.37. The lowest BCUT2D eigenvalue weighted by molar-refractivity contribution is -0.117. The first-order chi connectivity index (χ1) is 8.13. The Balaban J connectivity index is 2.40. The molecule has 0 unspecified atom stereocenters. The number of carbonyl (C=O) groups is 1. The molecule has 0 aliphatic rings. The van der Waals surface area contributed by atoms with Crippen LogP contribution in [-0.2, 0) is 9.53 Å². The van der Waals surface area contributed by atoms with Crippen molar-refractivity contribution in [2.75, 3.05) is 30.9 Å². The zero-order valence-electron chi connectivity index (χ0n) is 9.28. The quantitative estimate of drug-likeness (QED) is 0.507. The highest BCUT2D eigenvalue weighted by atomic mass is 19.1. The van der Waals surface area contributed by atoms with Crippen LogP contribution in [-0.4, -0.2) is 30.8 Å². The Morgan fingerprint density at radius 2 is 2.24 bits per heavy atom. The number of amides is 1. The summed E-state index contributed by atoms with van der Waals surface area (Å²) in [5.74, 6) is -0.729. The summed E-state index contributed by atoms with van der Waals surface area (Å²) >= 11 is 0. The first kappa shape index (κ1) is 13.4. The largest absolute Gasteiger partial charge is 0.397 e. The Bertz CT molecular complexity index is 385. The standard InChI is InChI=1S/C11H15FN2O3/c12-8-1-2-10(9(13)7-8)14-11(16)3-5-17-6-4-15/h1-2,7,15H,3-6,13H2,(H,14,16). The van der Waals surface area contributed by atoms with Gasteiger partial charge in [0, 0.05) is 0 Å². The van der Waals surface area contributed by atoms with Crippen LogP contribution in [0.15, 0.2) is 18.2 Å². The van der Waals surface area contributed by atoms with Gasteiger partial charge in [-0.05, 0) is 18.2 Å². The summed E-state index contributed by atoms with van der Waals surface area (Å²) in [4.78, 5) is 11.4. The number of halogens is 1. The van der Waals surface area contributed by atoms with Crippen molar-refractivity contribution in [2.24, 2.45) is 0 Å². The van der Waals surface area contributed by atoms with Crippen LogP contribution in [0, 0.1) is 5.82 Å². The van der Waals surface area contributed by atoms with E-state index in [0.717, 1.165) is 6.07 Å². The molecule has 0 bridgehead atoms. The molecular weight excluding hydrogens is 227 g/mol. The molecule has 4 N–H and O–H groups in total. The maximum atomic E-state index is 12.7. The van der Waals surface area contributed by atoms with Crippen LogP contribution >= 0.6 is 0 Å². The number of hydrogen-bond acceptors (Lipinski definition) is 4. The highest BCUT2D eigenvalue weighted by Gasteiger charge is 2.05. The summed E-state index contributed by atoms with van der Waals surface area (Å²) in [6.45, 7) is 0.339. The monoisotopic (exact) mass is 242 g/mol. The van der Waals surface area contributed by atoms with E-state index in [-0.39, 0.29) is 37.8 Å². The number of nitrogens with two attached hydrogens (primary N) is 1. The molecule has 94 valence electrons. The van der Waals surface area contributed by atoms with Gasteiger partial charge >= 0.3 is 0 Å². The Hall–Kier alpha value is -1.66. The average molecular weight is 242 g/mol. The number of benzene rings is 1. The second-order valence-electron chi connectivity index (χ2n) is 3.37. The molecular formula is C11H15FN2O3. The fraction of sp³-hybridized carbons (Fsp3) is 0.364. The predicted octanol–water partition coefficient (Wildman–Crippen LogP) is 0.745. The molecule has 1 rings (SSSR count). The number of ether oxygens (including phenoxy) is 1. The van der Waals surface area contributed by atoms with Crippen LogP contribution < -0.4 is 11.1 Å². The molecule has 0 fully saturated rings. The third-order valence-electron chi connectivity index (χ3n) is 2.00. The lowest BCUT2D eigenvalue weighted by atomic mass is 10.2. The molecule has 1 aromatic rings. The molecule has 0 aliphatic heterocycles. The van der Waals surface area contributed by atoms with Gasteiger partial charge in [0.1, 0.15) is 5.82 Å². The highest BCUT2D eigenvalue weighted by Crippen LogP contribution is 2.18. The van der Waals surface area contributed by atoms with E-state index < -0.39 is 5.82 Å². The van der Waals surface area contributed by atoms with E-state index >= 15 is 0 Å². The molecule has 0 aliphatic carbocycles. The van der Waals surface area contributed by atoms with E-state index in [1.165, 1.54) is 12.1 Å². The summed E-state index contributed by atoms with van der Waals surface area (Å²) in [7, 11) is 0. The topological polar surface area (TPSA) is 84.6 Å². The Kier molecular flexibility index (Phi) is 5.38. The van der Waals surface area contributed by atoms with Gasteiger partial charge in [0.25, 0.3) is 0 Å². The zero-order chi connectivity index (χ0) is 12.7. The van der Waals surface area contributed by atoms with E-state index in [2.05, 4.69) is 5.32 Å². The van der Waals surface area contributed by atoms with Crippen LogP contribution in [0.4, 0.5) is 15.8 Å². The van der Waals surface area contributed by atoms with E-state index in [1.54, 1.807) is 0 Å². The van der Waals surface area contributed by atoms with Crippen LogP contribution in [0.25, 0.3) is 0 Å². The van der Waals surface area contributed by atoms with E-state index in [4.69, 9.17) is 15.6 Å². The number of hydrogen-bond donors (Lipinski definition) is 3. The number of anilines is 2. The van der Waals surface area contributed by atoms with Gasteiger partial charge in [-0.3, -0.25) is 4.79 Å². The maximum absolute atomic E-state index is 12.7. The SMILES string of the molecule is Nc1cc(F)ccc1NC(=O)CCOCCO. The van der Waals surface area contributed by atoms with Crippen molar-refractivity contribution >= 4 is 17.3 Å². The van der Waals surface area contributed by atoms with Gasteiger partial charge in [0.05, 0.1) is 37.6 Å². The van der Waals surface area contributed by atoms with Gasteiger partial charge in [-0.25, -0.2) is 4.39 Å². The third kappa shape index (κ3) is 4.80.